The highest BCUT2D eigenvalue weighted by Gasteiger charge is 2.22. The van der Waals surface area contributed by atoms with E-state index in [1.54, 1.807) is 4.90 Å². The van der Waals surface area contributed by atoms with Crippen molar-refractivity contribution in [2.24, 2.45) is 0 Å². The van der Waals surface area contributed by atoms with Crippen molar-refractivity contribution < 1.29 is 18.5 Å². The molecule has 0 radical (unpaired) electrons. The summed E-state index contributed by atoms with van der Waals surface area (Å²) < 4.78 is 26.8. The van der Waals surface area contributed by atoms with Crippen LogP contribution >= 0.6 is 0 Å². The van der Waals surface area contributed by atoms with Gasteiger partial charge in [0.05, 0.1) is 4.92 Å². The van der Waals surface area contributed by atoms with Gasteiger partial charge in [0.2, 0.25) is 5.91 Å². The van der Waals surface area contributed by atoms with Gasteiger partial charge in [0.25, 0.3) is 5.69 Å². The van der Waals surface area contributed by atoms with Gasteiger partial charge in [0.15, 0.2) is 17.3 Å². The summed E-state index contributed by atoms with van der Waals surface area (Å²) in [6.07, 6.45) is 2.00. The molecule has 1 saturated heterocycles. The zero-order valence-electron chi connectivity index (χ0n) is 11.3. The number of likely N-dealkylation sites (tertiary alicyclic amines) is 1. The molecule has 1 aromatic rings. The zero-order chi connectivity index (χ0) is 15.4. The molecule has 0 atom stereocenters. The van der Waals surface area contributed by atoms with Gasteiger partial charge in [-0.3, -0.25) is 14.9 Å². The van der Waals surface area contributed by atoms with Gasteiger partial charge in [-0.25, -0.2) is 8.78 Å². The van der Waals surface area contributed by atoms with Crippen LogP contribution in [0.15, 0.2) is 12.1 Å². The van der Waals surface area contributed by atoms with Gasteiger partial charge in [-0.2, -0.15) is 0 Å². The summed E-state index contributed by atoms with van der Waals surface area (Å²) in [6.45, 7) is 1.41. The van der Waals surface area contributed by atoms with Gasteiger partial charge in [-0.05, 0) is 18.9 Å². The molecule has 1 fully saturated rings. The van der Waals surface area contributed by atoms with Crippen molar-refractivity contribution in [2.75, 3.05) is 25.0 Å². The van der Waals surface area contributed by atoms with Crippen molar-refractivity contribution >= 4 is 17.3 Å². The summed E-state index contributed by atoms with van der Waals surface area (Å²) in [5, 5.41) is 13.2. The van der Waals surface area contributed by atoms with Crippen molar-refractivity contribution in [3.8, 4) is 0 Å². The molecule has 6 nitrogen and oxygen atoms in total. The smallest absolute Gasteiger partial charge is 0.295 e. The van der Waals surface area contributed by atoms with Crippen molar-refractivity contribution in [1.82, 2.24) is 4.90 Å². The number of nitrogens with zero attached hydrogens (tertiary/aromatic N) is 2. The lowest BCUT2D eigenvalue weighted by Crippen LogP contribution is -2.29. The highest BCUT2D eigenvalue weighted by atomic mass is 19.2. The number of carbonyl (C=O) groups excluding carboxylic acids is 1. The second kappa shape index (κ2) is 6.47. The molecule has 1 aromatic carbocycles. The van der Waals surface area contributed by atoms with Crippen LogP contribution in [0.1, 0.15) is 19.3 Å². The van der Waals surface area contributed by atoms with E-state index in [1.807, 2.05) is 0 Å². The number of rotatable bonds is 5. The van der Waals surface area contributed by atoms with Gasteiger partial charge in [-0.1, -0.05) is 0 Å². The summed E-state index contributed by atoms with van der Waals surface area (Å²) >= 11 is 0. The minimum absolute atomic E-state index is 0.0105. The van der Waals surface area contributed by atoms with Crippen LogP contribution in [0.2, 0.25) is 0 Å². The lowest BCUT2D eigenvalue weighted by atomic mass is 10.2. The maximum Gasteiger partial charge on any atom is 0.295 e. The van der Waals surface area contributed by atoms with Crippen LogP contribution in [0.4, 0.5) is 20.2 Å². The Kier molecular flexibility index (Phi) is 4.66. The van der Waals surface area contributed by atoms with E-state index < -0.39 is 27.9 Å². The third-order valence-electron chi connectivity index (χ3n) is 3.37. The lowest BCUT2D eigenvalue weighted by Gasteiger charge is -2.15. The fourth-order valence-electron chi connectivity index (χ4n) is 2.28. The molecule has 2 rings (SSSR count). The van der Waals surface area contributed by atoms with E-state index >= 15 is 0 Å². The number of hydrogen-bond acceptors (Lipinski definition) is 4. The number of halogens is 2. The molecule has 1 aliphatic rings. The van der Waals surface area contributed by atoms with E-state index in [2.05, 4.69) is 5.32 Å². The fourth-order valence-corrected chi connectivity index (χ4v) is 2.28. The minimum Gasteiger partial charge on any atom is -0.376 e. The summed E-state index contributed by atoms with van der Waals surface area (Å²) in [5.41, 5.74) is -1.07. The fraction of sp³-hybridized carbons (Fsp3) is 0.462. The SMILES string of the molecule is O=C(CCNc1c([N+](=O)[O-])ccc(F)c1F)N1CCCC1. The molecule has 1 heterocycles. The number of amides is 1. The van der Waals surface area contributed by atoms with Crippen molar-refractivity contribution in [1.29, 1.82) is 0 Å². The number of nitro benzene ring substituents is 1. The Morgan fingerprint density at radius 1 is 1.33 bits per heavy atom. The van der Waals surface area contributed by atoms with E-state index in [1.165, 1.54) is 0 Å². The van der Waals surface area contributed by atoms with Crippen LogP contribution in [0, 0.1) is 21.7 Å². The molecule has 0 unspecified atom stereocenters. The average Bonchev–Trinajstić information content (AvgIpc) is 2.97. The first-order valence-corrected chi connectivity index (χ1v) is 6.64. The molecule has 0 aliphatic carbocycles. The molecular weight excluding hydrogens is 284 g/mol. The Morgan fingerprint density at radius 2 is 2.00 bits per heavy atom. The average molecular weight is 299 g/mol. The van der Waals surface area contributed by atoms with Crippen molar-refractivity contribution in [2.45, 2.75) is 19.3 Å². The third kappa shape index (κ3) is 3.45. The first-order valence-electron chi connectivity index (χ1n) is 6.64. The molecule has 1 aliphatic heterocycles. The molecule has 1 N–H and O–H groups in total. The Hall–Kier alpha value is -2.25. The van der Waals surface area contributed by atoms with Gasteiger partial charge in [-0.15, -0.1) is 0 Å². The van der Waals surface area contributed by atoms with Crippen LogP contribution < -0.4 is 5.32 Å². The maximum atomic E-state index is 13.6. The Balaban J connectivity index is 2.00. The zero-order valence-corrected chi connectivity index (χ0v) is 11.3. The maximum absolute atomic E-state index is 13.6. The molecule has 0 aromatic heterocycles. The Labute approximate surface area is 119 Å². The predicted octanol–water partition coefficient (Wildman–Crippen LogP) is 2.30. The Morgan fingerprint density at radius 3 is 2.62 bits per heavy atom. The van der Waals surface area contributed by atoms with E-state index in [4.69, 9.17) is 0 Å². The first kappa shape index (κ1) is 15.1. The summed E-state index contributed by atoms with van der Waals surface area (Å²) in [4.78, 5) is 23.5. The van der Waals surface area contributed by atoms with E-state index in [0.717, 1.165) is 18.9 Å². The second-order valence-electron chi connectivity index (χ2n) is 4.78. The lowest BCUT2D eigenvalue weighted by molar-refractivity contribution is -0.384. The molecular formula is C13H15F2N3O3. The number of hydrogen-bond donors (Lipinski definition) is 1. The van der Waals surface area contributed by atoms with E-state index in [-0.39, 0.29) is 18.9 Å². The second-order valence-corrected chi connectivity index (χ2v) is 4.78. The number of carbonyl (C=O) groups is 1. The molecule has 1 amide bonds. The Bertz CT molecular complexity index is 560. The molecule has 0 bridgehead atoms. The van der Waals surface area contributed by atoms with Crippen LogP contribution in [-0.4, -0.2) is 35.4 Å². The van der Waals surface area contributed by atoms with E-state index in [0.29, 0.717) is 19.2 Å². The van der Waals surface area contributed by atoms with Gasteiger partial charge < -0.3 is 10.2 Å². The third-order valence-corrected chi connectivity index (χ3v) is 3.37. The van der Waals surface area contributed by atoms with Crippen LogP contribution in [-0.2, 0) is 4.79 Å². The topological polar surface area (TPSA) is 75.5 Å². The minimum atomic E-state index is -1.31. The standard InChI is InChI=1S/C13H15F2N3O3/c14-9-3-4-10(18(20)21)13(12(9)15)16-6-5-11(19)17-7-1-2-8-17/h3-4,16H,1-2,5-8H2. The number of benzene rings is 1. The van der Waals surface area contributed by atoms with Gasteiger partial charge >= 0.3 is 0 Å². The number of anilines is 1. The summed E-state index contributed by atoms with van der Waals surface area (Å²) in [5.74, 6) is -2.58. The summed E-state index contributed by atoms with van der Waals surface area (Å²) in [6, 6.07) is 1.59. The van der Waals surface area contributed by atoms with Crippen molar-refractivity contribution in [3.63, 3.8) is 0 Å². The largest absolute Gasteiger partial charge is 0.376 e. The van der Waals surface area contributed by atoms with Gasteiger partial charge in [0, 0.05) is 32.1 Å². The summed E-state index contributed by atoms with van der Waals surface area (Å²) in [7, 11) is 0. The predicted molar refractivity (Wildman–Crippen MR) is 71.9 cm³/mol. The van der Waals surface area contributed by atoms with Crippen molar-refractivity contribution in [3.05, 3.63) is 33.9 Å². The normalized spacial score (nSPS) is 14.3. The molecule has 0 saturated carbocycles. The van der Waals surface area contributed by atoms with Gasteiger partial charge in [0.1, 0.15) is 0 Å². The van der Waals surface area contributed by atoms with Crippen LogP contribution in [0.5, 0.6) is 0 Å². The highest BCUT2D eigenvalue weighted by molar-refractivity contribution is 5.77. The number of nitrogens with one attached hydrogen (secondary N) is 1. The van der Waals surface area contributed by atoms with Crippen LogP contribution in [0.3, 0.4) is 0 Å². The quantitative estimate of drug-likeness (QED) is 0.668. The molecule has 114 valence electrons. The van der Waals surface area contributed by atoms with E-state index in [9.17, 15) is 23.7 Å². The molecule has 8 heteroatoms. The van der Waals surface area contributed by atoms with Crippen LogP contribution in [0.25, 0.3) is 0 Å². The molecule has 21 heavy (non-hydrogen) atoms. The number of nitro groups is 1. The molecule has 0 spiro atoms. The highest BCUT2D eigenvalue weighted by Crippen LogP contribution is 2.29. The monoisotopic (exact) mass is 299 g/mol. The first-order chi connectivity index (χ1) is 10.0.